The minimum absolute atomic E-state index is 0.244. The van der Waals surface area contributed by atoms with Gasteiger partial charge >= 0.3 is 0 Å². The predicted octanol–water partition coefficient (Wildman–Crippen LogP) is 4.34. The second kappa shape index (κ2) is 8.03. The molecule has 3 aromatic rings. The largest absolute Gasteiger partial charge is 0.493 e. The van der Waals surface area contributed by atoms with Crippen LogP contribution in [-0.4, -0.2) is 22.3 Å². The number of aryl methyl sites for hydroxylation is 1. The highest BCUT2D eigenvalue weighted by molar-refractivity contribution is 6.06. The van der Waals surface area contributed by atoms with Gasteiger partial charge in [-0.05, 0) is 50.6 Å². The van der Waals surface area contributed by atoms with Crippen LogP contribution in [0.2, 0.25) is 0 Å². The molecule has 1 heterocycles. The summed E-state index contributed by atoms with van der Waals surface area (Å²) in [4.78, 5) is 12.7. The molecule has 6 heteroatoms. The third kappa shape index (κ3) is 4.16. The lowest BCUT2D eigenvalue weighted by atomic mass is 10.1. The van der Waals surface area contributed by atoms with Crippen molar-refractivity contribution < 1.29 is 13.9 Å². The van der Waals surface area contributed by atoms with Crippen molar-refractivity contribution in [3.63, 3.8) is 0 Å². The molecule has 0 saturated heterocycles. The van der Waals surface area contributed by atoms with Gasteiger partial charge in [0.05, 0.1) is 35.8 Å². The van der Waals surface area contributed by atoms with Crippen molar-refractivity contribution in [3.05, 3.63) is 76.9 Å². The van der Waals surface area contributed by atoms with Gasteiger partial charge in [0.2, 0.25) is 0 Å². The van der Waals surface area contributed by atoms with Gasteiger partial charge < -0.3 is 10.1 Å². The lowest BCUT2D eigenvalue weighted by Gasteiger charge is -2.11. The summed E-state index contributed by atoms with van der Waals surface area (Å²) in [5, 5.41) is 7.46. The number of hydrogen-bond acceptors (Lipinski definition) is 3. The molecule has 0 bridgehead atoms. The Labute approximate surface area is 157 Å². The Bertz CT molecular complexity index is 949. The van der Waals surface area contributed by atoms with Crippen molar-refractivity contribution in [1.29, 1.82) is 0 Å². The molecule has 0 unspecified atom stereocenters. The minimum atomic E-state index is -0.270. The van der Waals surface area contributed by atoms with E-state index in [0.717, 1.165) is 17.0 Å². The number of aromatic nitrogens is 2. The van der Waals surface area contributed by atoms with Crippen LogP contribution in [0, 0.1) is 19.7 Å². The zero-order chi connectivity index (χ0) is 19.4. The molecule has 140 valence electrons. The summed E-state index contributed by atoms with van der Waals surface area (Å²) in [6.45, 7) is 6.60. The molecule has 0 spiro atoms. The number of para-hydroxylation sites is 1. The van der Waals surface area contributed by atoms with E-state index in [1.807, 2.05) is 26.8 Å². The summed E-state index contributed by atoms with van der Waals surface area (Å²) in [5.41, 5.74) is 3.63. The monoisotopic (exact) mass is 367 g/mol. The van der Waals surface area contributed by atoms with Gasteiger partial charge in [-0.2, -0.15) is 5.10 Å². The molecular formula is C21H22FN3O2. The number of benzene rings is 2. The molecule has 0 aliphatic rings. The zero-order valence-electron chi connectivity index (χ0n) is 15.6. The summed E-state index contributed by atoms with van der Waals surface area (Å²) in [6, 6.07) is 13.4. The van der Waals surface area contributed by atoms with Crippen LogP contribution < -0.4 is 10.1 Å². The normalized spacial score (nSPS) is 10.7. The highest BCUT2D eigenvalue weighted by atomic mass is 19.1. The molecule has 0 saturated carbocycles. The maximum Gasteiger partial charge on any atom is 0.259 e. The lowest BCUT2D eigenvalue weighted by molar-refractivity contribution is 0.102. The number of nitrogens with one attached hydrogen (secondary N) is 1. The van der Waals surface area contributed by atoms with Crippen LogP contribution in [0.3, 0.4) is 0 Å². The molecule has 0 radical (unpaired) electrons. The lowest BCUT2D eigenvalue weighted by Crippen LogP contribution is -2.15. The molecule has 0 fully saturated rings. The summed E-state index contributed by atoms with van der Waals surface area (Å²) >= 11 is 0. The summed E-state index contributed by atoms with van der Waals surface area (Å²) in [6.07, 6.45) is 0. The SMILES string of the molecule is CCOc1ccccc1C(=O)Nc1c(C)nn(Cc2ccc(F)cc2)c1C. The summed E-state index contributed by atoms with van der Waals surface area (Å²) in [7, 11) is 0. The minimum Gasteiger partial charge on any atom is -0.493 e. The van der Waals surface area contributed by atoms with Gasteiger partial charge in [0, 0.05) is 0 Å². The Morgan fingerprint density at radius 2 is 1.85 bits per heavy atom. The number of halogens is 1. The molecule has 1 amide bonds. The fourth-order valence-electron chi connectivity index (χ4n) is 2.91. The zero-order valence-corrected chi connectivity index (χ0v) is 15.6. The maximum absolute atomic E-state index is 13.1. The molecule has 1 N–H and O–H groups in total. The number of nitrogens with zero attached hydrogens (tertiary/aromatic N) is 2. The van der Waals surface area contributed by atoms with Crippen molar-refractivity contribution in [2.24, 2.45) is 0 Å². The van der Waals surface area contributed by atoms with Gasteiger partial charge in [0.1, 0.15) is 11.6 Å². The number of hydrogen-bond donors (Lipinski definition) is 1. The molecular weight excluding hydrogens is 345 g/mol. The van der Waals surface area contributed by atoms with E-state index < -0.39 is 0 Å². The van der Waals surface area contributed by atoms with Gasteiger partial charge in [-0.25, -0.2) is 4.39 Å². The van der Waals surface area contributed by atoms with Crippen molar-refractivity contribution in [2.75, 3.05) is 11.9 Å². The van der Waals surface area contributed by atoms with E-state index in [-0.39, 0.29) is 11.7 Å². The van der Waals surface area contributed by atoms with E-state index >= 15 is 0 Å². The molecule has 3 rings (SSSR count). The van der Waals surface area contributed by atoms with Crippen molar-refractivity contribution in [1.82, 2.24) is 9.78 Å². The Morgan fingerprint density at radius 1 is 1.15 bits per heavy atom. The van der Waals surface area contributed by atoms with E-state index in [2.05, 4.69) is 10.4 Å². The van der Waals surface area contributed by atoms with Gasteiger partial charge in [-0.1, -0.05) is 24.3 Å². The fourth-order valence-corrected chi connectivity index (χ4v) is 2.91. The second-order valence-corrected chi connectivity index (χ2v) is 6.21. The number of amides is 1. The Morgan fingerprint density at radius 3 is 2.56 bits per heavy atom. The number of ether oxygens (including phenoxy) is 1. The first-order chi connectivity index (χ1) is 13.0. The van der Waals surface area contributed by atoms with E-state index in [0.29, 0.717) is 30.2 Å². The van der Waals surface area contributed by atoms with Gasteiger partial charge in [0.25, 0.3) is 5.91 Å². The maximum atomic E-state index is 13.1. The molecule has 5 nitrogen and oxygen atoms in total. The van der Waals surface area contributed by atoms with E-state index in [4.69, 9.17) is 4.74 Å². The van der Waals surface area contributed by atoms with Gasteiger partial charge in [0.15, 0.2) is 0 Å². The fraction of sp³-hybridized carbons (Fsp3) is 0.238. The molecule has 2 aromatic carbocycles. The first-order valence-corrected chi connectivity index (χ1v) is 8.81. The van der Waals surface area contributed by atoms with Crippen LogP contribution in [0.1, 0.15) is 34.2 Å². The first kappa shape index (κ1) is 18.6. The van der Waals surface area contributed by atoms with E-state index in [1.165, 1.54) is 12.1 Å². The highest BCUT2D eigenvalue weighted by Gasteiger charge is 2.18. The second-order valence-electron chi connectivity index (χ2n) is 6.21. The van der Waals surface area contributed by atoms with Crippen LogP contribution in [0.4, 0.5) is 10.1 Å². The van der Waals surface area contributed by atoms with Crippen molar-refractivity contribution >= 4 is 11.6 Å². The number of rotatable bonds is 6. The molecule has 0 aliphatic carbocycles. The molecule has 0 atom stereocenters. The van der Waals surface area contributed by atoms with E-state index in [9.17, 15) is 9.18 Å². The summed E-state index contributed by atoms with van der Waals surface area (Å²) in [5.74, 6) is 0.0335. The Balaban J connectivity index is 1.82. The Kier molecular flexibility index (Phi) is 5.54. The topological polar surface area (TPSA) is 56.1 Å². The smallest absolute Gasteiger partial charge is 0.259 e. The van der Waals surface area contributed by atoms with Crippen molar-refractivity contribution in [2.45, 2.75) is 27.3 Å². The standard InChI is InChI=1S/C21H22FN3O2/c1-4-27-19-8-6-5-7-18(19)21(26)23-20-14(2)24-25(15(20)3)13-16-9-11-17(22)12-10-16/h5-12H,4,13H2,1-3H3,(H,23,26). The van der Waals surface area contributed by atoms with Crippen LogP contribution in [0.5, 0.6) is 5.75 Å². The molecule has 27 heavy (non-hydrogen) atoms. The quantitative estimate of drug-likeness (QED) is 0.705. The van der Waals surface area contributed by atoms with Gasteiger partial charge in [-0.3, -0.25) is 9.48 Å². The van der Waals surface area contributed by atoms with E-state index in [1.54, 1.807) is 35.0 Å². The predicted molar refractivity (Wildman–Crippen MR) is 103 cm³/mol. The average Bonchev–Trinajstić information content (AvgIpc) is 2.91. The van der Waals surface area contributed by atoms with Gasteiger partial charge in [-0.15, -0.1) is 0 Å². The number of carbonyl (C=O) groups is 1. The third-order valence-electron chi connectivity index (χ3n) is 4.30. The number of carbonyl (C=O) groups excluding carboxylic acids is 1. The van der Waals surface area contributed by atoms with Crippen LogP contribution in [-0.2, 0) is 6.54 Å². The molecule has 0 aliphatic heterocycles. The highest BCUT2D eigenvalue weighted by Crippen LogP contribution is 2.24. The van der Waals surface area contributed by atoms with Crippen molar-refractivity contribution in [3.8, 4) is 5.75 Å². The summed E-state index contributed by atoms with van der Waals surface area (Å²) < 4.78 is 20.4. The van der Waals surface area contributed by atoms with Crippen LogP contribution >= 0.6 is 0 Å². The molecule has 1 aromatic heterocycles. The first-order valence-electron chi connectivity index (χ1n) is 8.81. The third-order valence-corrected chi connectivity index (χ3v) is 4.30. The average molecular weight is 367 g/mol. The Hall–Kier alpha value is -3.15. The van der Waals surface area contributed by atoms with Crippen LogP contribution in [0.25, 0.3) is 0 Å². The van der Waals surface area contributed by atoms with Crippen LogP contribution in [0.15, 0.2) is 48.5 Å². The number of anilines is 1.